The van der Waals surface area contributed by atoms with Crippen molar-refractivity contribution in [2.45, 2.75) is 40.3 Å². The smallest absolute Gasteiger partial charge is 0.162 e. The van der Waals surface area contributed by atoms with E-state index in [1.54, 1.807) is 18.2 Å². The van der Waals surface area contributed by atoms with E-state index in [1.165, 1.54) is 6.07 Å². The van der Waals surface area contributed by atoms with E-state index < -0.39 is 0 Å². The molecule has 0 aliphatic carbocycles. The molecular weight excluding hydrogens is 435 g/mol. The zero-order valence-corrected chi connectivity index (χ0v) is 19.2. The first kappa shape index (κ1) is 23.6. The molecule has 0 aliphatic heterocycles. The van der Waals surface area contributed by atoms with Crippen LogP contribution in [-0.2, 0) is 13.2 Å². The lowest BCUT2D eigenvalue weighted by Gasteiger charge is -2.18. The number of rotatable bonds is 13. The van der Waals surface area contributed by atoms with Gasteiger partial charge in [-0.25, -0.2) is 4.39 Å². The van der Waals surface area contributed by atoms with E-state index in [0.29, 0.717) is 23.7 Å². The SMILES string of the molecule is CCOc1cc(CNCCCN(CC)CC)c(Br)cc1OCc1ccccc1F. The number of ether oxygens (including phenoxy) is 2. The Morgan fingerprint density at radius 2 is 1.72 bits per heavy atom. The molecular formula is C23H32BrFN2O2. The van der Waals surface area contributed by atoms with Gasteiger partial charge in [0.05, 0.1) is 6.61 Å². The van der Waals surface area contributed by atoms with Crippen LogP contribution in [0, 0.1) is 5.82 Å². The quantitative estimate of drug-likeness (QED) is 0.401. The standard InChI is InChI=1S/C23H32BrFN2O2/c1-4-27(5-2)13-9-12-26-16-19-14-22(28-6-3)23(15-20(19)24)29-17-18-10-7-8-11-21(18)25/h7-8,10-11,14-15,26H,4-6,9,12-13,16-17H2,1-3H3. The number of nitrogens with one attached hydrogen (secondary N) is 1. The van der Waals surface area contributed by atoms with Crippen molar-refractivity contribution in [3.8, 4) is 11.5 Å². The first-order valence-corrected chi connectivity index (χ1v) is 11.1. The van der Waals surface area contributed by atoms with Crippen LogP contribution >= 0.6 is 15.9 Å². The van der Waals surface area contributed by atoms with Gasteiger partial charge in [0.1, 0.15) is 12.4 Å². The Labute approximate surface area is 182 Å². The van der Waals surface area contributed by atoms with Crippen LogP contribution in [0.5, 0.6) is 11.5 Å². The van der Waals surface area contributed by atoms with Gasteiger partial charge in [0.15, 0.2) is 11.5 Å². The Bertz CT molecular complexity index is 754. The molecule has 2 aromatic carbocycles. The fourth-order valence-electron chi connectivity index (χ4n) is 3.06. The molecule has 0 amide bonds. The maximum atomic E-state index is 13.9. The lowest BCUT2D eigenvalue weighted by molar-refractivity contribution is 0.265. The molecule has 0 radical (unpaired) electrons. The molecule has 0 aliphatic rings. The van der Waals surface area contributed by atoms with Gasteiger partial charge in [0, 0.05) is 16.6 Å². The van der Waals surface area contributed by atoms with Gasteiger partial charge in [-0.15, -0.1) is 0 Å². The summed E-state index contributed by atoms with van der Waals surface area (Å²) in [5.41, 5.74) is 1.62. The van der Waals surface area contributed by atoms with Crippen LogP contribution in [0.1, 0.15) is 38.3 Å². The topological polar surface area (TPSA) is 33.7 Å². The Kier molecular flexibility index (Phi) is 10.5. The van der Waals surface area contributed by atoms with Crippen LogP contribution in [-0.4, -0.2) is 37.7 Å². The highest BCUT2D eigenvalue weighted by Crippen LogP contribution is 2.34. The van der Waals surface area contributed by atoms with E-state index in [4.69, 9.17) is 9.47 Å². The molecule has 0 spiro atoms. The Morgan fingerprint density at radius 3 is 2.41 bits per heavy atom. The predicted octanol–water partition coefficient (Wildman–Crippen LogP) is 5.39. The van der Waals surface area contributed by atoms with Crippen LogP contribution in [0.4, 0.5) is 4.39 Å². The summed E-state index contributed by atoms with van der Waals surface area (Å²) < 4.78 is 26.4. The first-order chi connectivity index (χ1) is 14.1. The van der Waals surface area contributed by atoms with E-state index >= 15 is 0 Å². The lowest BCUT2D eigenvalue weighted by Crippen LogP contribution is -2.27. The molecule has 29 heavy (non-hydrogen) atoms. The van der Waals surface area contributed by atoms with E-state index in [-0.39, 0.29) is 12.4 Å². The highest BCUT2D eigenvalue weighted by molar-refractivity contribution is 9.10. The van der Waals surface area contributed by atoms with Crippen molar-refractivity contribution in [3.05, 3.63) is 57.8 Å². The Balaban J connectivity index is 1.96. The molecule has 4 nitrogen and oxygen atoms in total. The molecule has 2 aromatic rings. The highest BCUT2D eigenvalue weighted by atomic mass is 79.9. The molecule has 0 bridgehead atoms. The summed E-state index contributed by atoms with van der Waals surface area (Å²) >= 11 is 3.63. The molecule has 0 heterocycles. The first-order valence-electron chi connectivity index (χ1n) is 10.3. The average Bonchev–Trinajstić information content (AvgIpc) is 2.72. The van der Waals surface area contributed by atoms with E-state index in [2.05, 4.69) is 40.0 Å². The second-order valence-corrected chi connectivity index (χ2v) is 7.61. The normalized spacial score (nSPS) is 11.1. The summed E-state index contributed by atoms with van der Waals surface area (Å²) in [6.07, 6.45) is 1.11. The summed E-state index contributed by atoms with van der Waals surface area (Å²) in [5.74, 6) is 1.01. The molecule has 0 saturated carbocycles. The fourth-order valence-corrected chi connectivity index (χ4v) is 3.52. The number of halogens is 2. The molecule has 0 unspecified atom stereocenters. The highest BCUT2D eigenvalue weighted by Gasteiger charge is 2.12. The van der Waals surface area contributed by atoms with Crippen molar-refractivity contribution in [2.24, 2.45) is 0 Å². The van der Waals surface area contributed by atoms with Gasteiger partial charge in [-0.1, -0.05) is 48.0 Å². The zero-order chi connectivity index (χ0) is 21.1. The van der Waals surface area contributed by atoms with Crippen molar-refractivity contribution in [3.63, 3.8) is 0 Å². The van der Waals surface area contributed by atoms with Gasteiger partial charge in [-0.2, -0.15) is 0 Å². The van der Waals surface area contributed by atoms with Crippen molar-refractivity contribution >= 4 is 15.9 Å². The Morgan fingerprint density at radius 1 is 1.00 bits per heavy atom. The summed E-state index contributed by atoms with van der Waals surface area (Å²) in [5, 5.41) is 3.50. The molecule has 0 atom stereocenters. The molecule has 0 saturated heterocycles. The van der Waals surface area contributed by atoms with Crippen LogP contribution in [0.25, 0.3) is 0 Å². The zero-order valence-electron chi connectivity index (χ0n) is 17.6. The average molecular weight is 467 g/mol. The molecule has 0 fully saturated rings. The molecule has 160 valence electrons. The second kappa shape index (κ2) is 12.8. The minimum Gasteiger partial charge on any atom is -0.490 e. The minimum atomic E-state index is -0.268. The van der Waals surface area contributed by atoms with Gasteiger partial charge in [-0.3, -0.25) is 0 Å². The summed E-state index contributed by atoms with van der Waals surface area (Å²) in [6.45, 7) is 12.0. The van der Waals surface area contributed by atoms with Crippen LogP contribution in [0.15, 0.2) is 40.9 Å². The fraction of sp³-hybridized carbons (Fsp3) is 0.478. The van der Waals surface area contributed by atoms with Gasteiger partial charge >= 0.3 is 0 Å². The van der Waals surface area contributed by atoms with Crippen molar-refractivity contribution < 1.29 is 13.9 Å². The van der Waals surface area contributed by atoms with Crippen LogP contribution < -0.4 is 14.8 Å². The summed E-state index contributed by atoms with van der Waals surface area (Å²) in [7, 11) is 0. The monoisotopic (exact) mass is 466 g/mol. The molecule has 6 heteroatoms. The number of benzene rings is 2. The van der Waals surface area contributed by atoms with Gasteiger partial charge in [0.2, 0.25) is 0 Å². The third kappa shape index (κ3) is 7.61. The van der Waals surface area contributed by atoms with Crippen molar-refractivity contribution in [1.82, 2.24) is 10.2 Å². The van der Waals surface area contributed by atoms with Crippen molar-refractivity contribution in [2.75, 3.05) is 32.8 Å². The molecule has 1 N–H and O–H groups in total. The van der Waals surface area contributed by atoms with Crippen molar-refractivity contribution in [1.29, 1.82) is 0 Å². The van der Waals surface area contributed by atoms with Gasteiger partial charge < -0.3 is 19.7 Å². The van der Waals surface area contributed by atoms with E-state index in [1.807, 2.05) is 19.1 Å². The number of nitrogens with zero attached hydrogens (tertiary/aromatic N) is 1. The van der Waals surface area contributed by atoms with Crippen LogP contribution in [0.3, 0.4) is 0 Å². The number of hydrogen-bond donors (Lipinski definition) is 1. The third-order valence-corrected chi connectivity index (χ3v) is 5.53. The lowest BCUT2D eigenvalue weighted by atomic mass is 10.2. The van der Waals surface area contributed by atoms with Crippen LogP contribution in [0.2, 0.25) is 0 Å². The molecule has 2 rings (SSSR count). The van der Waals surface area contributed by atoms with E-state index in [0.717, 1.165) is 49.2 Å². The number of hydrogen-bond acceptors (Lipinski definition) is 4. The minimum absolute atomic E-state index is 0.155. The maximum Gasteiger partial charge on any atom is 0.162 e. The van der Waals surface area contributed by atoms with Gasteiger partial charge in [0.25, 0.3) is 0 Å². The van der Waals surface area contributed by atoms with E-state index in [9.17, 15) is 4.39 Å². The maximum absolute atomic E-state index is 13.9. The summed E-state index contributed by atoms with van der Waals surface area (Å²) in [4.78, 5) is 2.42. The molecule has 0 aromatic heterocycles. The predicted molar refractivity (Wildman–Crippen MR) is 120 cm³/mol. The largest absolute Gasteiger partial charge is 0.490 e. The summed E-state index contributed by atoms with van der Waals surface area (Å²) in [6, 6.07) is 10.5. The third-order valence-electron chi connectivity index (χ3n) is 4.79. The second-order valence-electron chi connectivity index (χ2n) is 6.76. The van der Waals surface area contributed by atoms with Gasteiger partial charge in [-0.05, 0) is 63.3 Å². The Hall–Kier alpha value is -1.63.